The highest BCUT2D eigenvalue weighted by Crippen LogP contribution is 2.30. The van der Waals surface area contributed by atoms with Crippen LogP contribution in [0.4, 0.5) is 0 Å². The summed E-state index contributed by atoms with van der Waals surface area (Å²) in [5.41, 5.74) is -0.00174. The number of nitrogens with one attached hydrogen (secondary N) is 2. The van der Waals surface area contributed by atoms with Gasteiger partial charge in [-0.25, -0.2) is 0 Å². The second kappa shape index (κ2) is 1.95. The molecular formula is C7H12N2O. The maximum absolute atomic E-state index is 11.1. The molecule has 0 aromatic heterocycles. The number of hydrogen-bond donors (Lipinski definition) is 2. The van der Waals surface area contributed by atoms with Crippen molar-refractivity contribution < 1.29 is 4.79 Å². The molecule has 3 heteroatoms. The van der Waals surface area contributed by atoms with Crippen molar-refractivity contribution >= 4 is 5.91 Å². The van der Waals surface area contributed by atoms with E-state index in [-0.39, 0.29) is 11.3 Å². The number of piperidine rings is 1. The van der Waals surface area contributed by atoms with Gasteiger partial charge in [0, 0.05) is 13.1 Å². The van der Waals surface area contributed by atoms with Crippen LogP contribution < -0.4 is 10.6 Å². The molecule has 2 aliphatic heterocycles. The van der Waals surface area contributed by atoms with E-state index in [1.54, 1.807) is 0 Å². The van der Waals surface area contributed by atoms with E-state index < -0.39 is 0 Å². The summed E-state index contributed by atoms with van der Waals surface area (Å²) in [6.07, 6.45) is 2.22. The average molecular weight is 140 g/mol. The van der Waals surface area contributed by atoms with Crippen LogP contribution in [0, 0.1) is 5.41 Å². The third-order valence-corrected chi connectivity index (χ3v) is 2.54. The van der Waals surface area contributed by atoms with Gasteiger partial charge in [0.2, 0.25) is 5.91 Å². The normalized spacial score (nSPS) is 39.0. The maximum Gasteiger partial charge on any atom is 0.229 e. The molecule has 10 heavy (non-hydrogen) atoms. The van der Waals surface area contributed by atoms with E-state index in [2.05, 4.69) is 10.6 Å². The zero-order chi connectivity index (χ0) is 7.03. The lowest BCUT2D eigenvalue weighted by atomic mass is 9.75. The highest BCUT2D eigenvalue weighted by molar-refractivity contribution is 5.89. The number of carbonyl (C=O) groups is 1. The molecule has 1 atom stereocenters. The molecule has 0 saturated carbocycles. The fourth-order valence-electron chi connectivity index (χ4n) is 1.72. The largest absolute Gasteiger partial charge is 0.354 e. The van der Waals surface area contributed by atoms with Gasteiger partial charge < -0.3 is 10.6 Å². The van der Waals surface area contributed by atoms with E-state index in [9.17, 15) is 4.79 Å². The molecule has 0 aromatic rings. The predicted octanol–water partition coefficient (Wildman–Crippen LogP) is -0.514. The summed E-state index contributed by atoms with van der Waals surface area (Å²) in [6, 6.07) is 0. The SMILES string of the molecule is O=C1NCC12CCCNC2. The topological polar surface area (TPSA) is 41.1 Å². The zero-order valence-corrected chi connectivity index (χ0v) is 5.94. The van der Waals surface area contributed by atoms with Crippen LogP contribution in [0.3, 0.4) is 0 Å². The summed E-state index contributed by atoms with van der Waals surface area (Å²) < 4.78 is 0. The molecule has 3 nitrogen and oxygen atoms in total. The van der Waals surface area contributed by atoms with Gasteiger partial charge in [-0.05, 0) is 19.4 Å². The van der Waals surface area contributed by atoms with Crippen molar-refractivity contribution in [1.29, 1.82) is 0 Å². The smallest absolute Gasteiger partial charge is 0.229 e. The Morgan fingerprint density at radius 2 is 2.30 bits per heavy atom. The van der Waals surface area contributed by atoms with Crippen molar-refractivity contribution in [3.05, 3.63) is 0 Å². The molecule has 1 spiro atoms. The Labute approximate surface area is 60.2 Å². The van der Waals surface area contributed by atoms with Crippen molar-refractivity contribution in [2.75, 3.05) is 19.6 Å². The Morgan fingerprint density at radius 3 is 2.60 bits per heavy atom. The molecule has 1 amide bonds. The number of amides is 1. The number of hydrogen-bond acceptors (Lipinski definition) is 2. The van der Waals surface area contributed by atoms with Crippen LogP contribution in [0.15, 0.2) is 0 Å². The Hall–Kier alpha value is -0.570. The Morgan fingerprint density at radius 1 is 1.40 bits per heavy atom. The Bertz CT molecular complexity index is 161. The van der Waals surface area contributed by atoms with E-state index in [0.29, 0.717) is 0 Å². The standard InChI is InChI=1S/C7H12N2O/c10-6-7(5-9-6)2-1-3-8-4-7/h8H,1-5H2,(H,9,10). The molecule has 0 aromatic carbocycles. The molecule has 56 valence electrons. The first-order valence-electron chi connectivity index (χ1n) is 3.83. The van der Waals surface area contributed by atoms with Gasteiger partial charge in [0.1, 0.15) is 0 Å². The van der Waals surface area contributed by atoms with Crippen molar-refractivity contribution in [2.45, 2.75) is 12.8 Å². The molecule has 2 saturated heterocycles. The summed E-state index contributed by atoms with van der Waals surface area (Å²) in [4.78, 5) is 11.1. The number of β-lactam (4-membered cyclic amide) rings is 1. The van der Waals surface area contributed by atoms with E-state index in [4.69, 9.17) is 0 Å². The van der Waals surface area contributed by atoms with Gasteiger partial charge in [-0.2, -0.15) is 0 Å². The molecular weight excluding hydrogens is 128 g/mol. The lowest BCUT2D eigenvalue weighted by molar-refractivity contribution is -0.141. The maximum atomic E-state index is 11.1. The minimum absolute atomic E-state index is 0.00174. The van der Waals surface area contributed by atoms with Crippen LogP contribution in [0.1, 0.15) is 12.8 Å². The third-order valence-electron chi connectivity index (χ3n) is 2.54. The summed E-state index contributed by atoms with van der Waals surface area (Å²) >= 11 is 0. The first kappa shape index (κ1) is 6.16. The fraction of sp³-hybridized carbons (Fsp3) is 0.857. The summed E-state index contributed by atoms with van der Waals surface area (Å²) in [6.45, 7) is 2.85. The second-order valence-electron chi connectivity index (χ2n) is 3.24. The molecule has 2 N–H and O–H groups in total. The number of rotatable bonds is 0. The van der Waals surface area contributed by atoms with Crippen LogP contribution in [0.5, 0.6) is 0 Å². The van der Waals surface area contributed by atoms with Gasteiger partial charge in [-0.1, -0.05) is 0 Å². The molecule has 2 heterocycles. The molecule has 0 bridgehead atoms. The highest BCUT2D eigenvalue weighted by atomic mass is 16.2. The minimum atomic E-state index is -0.00174. The predicted molar refractivity (Wildman–Crippen MR) is 37.5 cm³/mol. The van der Waals surface area contributed by atoms with Crippen molar-refractivity contribution in [3.8, 4) is 0 Å². The lowest BCUT2D eigenvalue weighted by Crippen LogP contribution is -2.64. The van der Waals surface area contributed by atoms with E-state index in [0.717, 1.165) is 32.5 Å². The van der Waals surface area contributed by atoms with Crippen LogP contribution >= 0.6 is 0 Å². The first-order valence-corrected chi connectivity index (χ1v) is 3.83. The van der Waals surface area contributed by atoms with Gasteiger partial charge in [-0.3, -0.25) is 4.79 Å². The van der Waals surface area contributed by atoms with Gasteiger partial charge >= 0.3 is 0 Å². The van der Waals surface area contributed by atoms with E-state index in [1.165, 1.54) is 0 Å². The lowest BCUT2D eigenvalue weighted by Gasteiger charge is -2.43. The van der Waals surface area contributed by atoms with Crippen LogP contribution in [0.25, 0.3) is 0 Å². The van der Waals surface area contributed by atoms with Gasteiger partial charge in [0.05, 0.1) is 5.41 Å². The fourth-order valence-corrected chi connectivity index (χ4v) is 1.72. The molecule has 2 aliphatic rings. The Kier molecular flexibility index (Phi) is 1.20. The second-order valence-corrected chi connectivity index (χ2v) is 3.24. The molecule has 0 radical (unpaired) electrons. The Balaban J connectivity index is 2.06. The van der Waals surface area contributed by atoms with Gasteiger partial charge in [0.15, 0.2) is 0 Å². The summed E-state index contributed by atoms with van der Waals surface area (Å²) in [5, 5.41) is 6.04. The monoisotopic (exact) mass is 140 g/mol. The summed E-state index contributed by atoms with van der Waals surface area (Å²) in [7, 11) is 0. The molecule has 2 fully saturated rings. The van der Waals surface area contributed by atoms with E-state index >= 15 is 0 Å². The van der Waals surface area contributed by atoms with Crippen LogP contribution in [-0.2, 0) is 4.79 Å². The molecule has 1 unspecified atom stereocenters. The van der Waals surface area contributed by atoms with Crippen LogP contribution in [0.2, 0.25) is 0 Å². The third kappa shape index (κ3) is 0.669. The van der Waals surface area contributed by atoms with Gasteiger partial charge in [0.25, 0.3) is 0 Å². The van der Waals surface area contributed by atoms with Gasteiger partial charge in [-0.15, -0.1) is 0 Å². The van der Waals surface area contributed by atoms with E-state index in [1.807, 2.05) is 0 Å². The minimum Gasteiger partial charge on any atom is -0.354 e. The quantitative estimate of drug-likeness (QED) is 0.445. The average Bonchev–Trinajstić information content (AvgIpc) is 2.04. The summed E-state index contributed by atoms with van der Waals surface area (Å²) in [5.74, 6) is 0.250. The molecule has 0 aliphatic carbocycles. The van der Waals surface area contributed by atoms with Crippen molar-refractivity contribution in [3.63, 3.8) is 0 Å². The molecule has 2 rings (SSSR count). The zero-order valence-electron chi connectivity index (χ0n) is 5.94. The van der Waals surface area contributed by atoms with Crippen LogP contribution in [-0.4, -0.2) is 25.5 Å². The number of carbonyl (C=O) groups excluding carboxylic acids is 1. The first-order chi connectivity index (χ1) is 4.83. The van der Waals surface area contributed by atoms with Crippen molar-refractivity contribution in [2.24, 2.45) is 5.41 Å². The van der Waals surface area contributed by atoms with Crippen molar-refractivity contribution in [1.82, 2.24) is 10.6 Å². The highest BCUT2D eigenvalue weighted by Gasteiger charge is 2.46.